The van der Waals surface area contributed by atoms with Crippen molar-refractivity contribution in [2.45, 2.75) is 40.5 Å². The van der Waals surface area contributed by atoms with E-state index in [0.717, 1.165) is 80.2 Å². The molecule has 262 valence electrons. The average Bonchev–Trinajstić information content (AvgIpc) is 3.12. The number of hydrogen-bond donors (Lipinski definition) is 5. The molecule has 0 unspecified atom stereocenters. The molecule has 4 aromatic rings. The molecule has 0 aliphatic carbocycles. The van der Waals surface area contributed by atoms with Gasteiger partial charge in [0.1, 0.15) is 5.82 Å². The van der Waals surface area contributed by atoms with Crippen LogP contribution >= 0.6 is 0 Å². The first-order valence-electron chi connectivity index (χ1n) is 17.6. The molecule has 0 atom stereocenters. The second kappa shape index (κ2) is 20.2. The molecule has 1 aromatic heterocycles. The van der Waals surface area contributed by atoms with Crippen molar-refractivity contribution in [1.29, 1.82) is 0 Å². The lowest BCUT2D eigenvalue weighted by Gasteiger charge is -2.18. The van der Waals surface area contributed by atoms with Crippen molar-refractivity contribution in [2.75, 3.05) is 81.4 Å². The minimum Gasteiger partial charge on any atom is -0.340 e. The Morgan fingerprint density at radius 1 is 0.612 bits per heavy atom. The summed E-state index contributed by atoms with van der Waals surface area (Å²) in [7, 11) is 0. The zero-order valence-corrected chi connectivity index (χ0v) is 29.5. The van der Waals surface area contributed by atoms with Gasteiger partial charge in [-0.2, -0.15) is 0 Å². The molecule has 0 aliphatic rings. The summed E-state index contributed by atoms with van der Waals surface area (Å²) in [4.78, 5) is 39.9. The first-order chi connectivity index (χ1) is 23.9. The largest absolute Gasteiger partial charge is 0.340 e. The third kappa shape index (κ3) is 11.9. The number of nitrogens with zero attached hydrogens (tertiary/aromatic N) is 4. The van der Waals surface area contributed by atoms with E-state index in [2.05, 4.69) is 64.1 Å². The molecule has 0 bridgehead atoms. The second-order valence-electron chi connectivity index (χ2n) is 11.8. The Hall–Kier alpha value is -4.42. The number of benzene rings is 3. The molecule has 3 aromatic carbocycles. The summed E-state index contributed by atoms with van der Waals surface area (Å²) in [5, 5.41) is 17.1. The van der Waals surface area contributed by atoms with Crippen LogP contribution in [0.1, 0.15) is 40.5 Å². The van der Waals surface area contributed by atoms with E-state index >= 15 is 0 Å². The van der Waals surface area contributed by atoms with Crippen molar-refractivity contribution in [3.63, 3.8) is 0 Å². The lowest BCUT2D eigenvalue weighted by molar-refractivity contribution is -0.116. The van der Waals surface area contributed by atoms with Crippen molar-refractivity contribution in [3.8, 4) is 11.4 Å². The Bertz CT molecular complexity index is 1600. The third-order valence-electron chi connectivity index (χ3n) is 8.53. The van der Waals surface area contributed by atoms with Gasteiger partial charge in [0.2, 0.25) is 11.8 Å². The minimum absolute atomic E-state index is 0.0280. The quantitative estimate of drug-likeness (QED) is 0.0727. The molecular weight excluding hydrogens is 614 g/mol. The summed E-state index contributed by atoms with van der Waals surface area (Å²) in [5.74, 6) is 1.05. The highest BCUT2D eigenvalue weighted by atomic mass is 16.2. The van der Waals surface area contributed by atoms with Crippen LogP contribution in [0.15, 0.2) is 72.8 Å². The van der Waals surface area contributed by atoms with E-state index in [1.807, 2.05) is 72.8 Å². The van der Waals surface area contributed by atoms with E-state index in [4.69, 9.17) is 9.97 Å². The third-order valence-corrected chi connectivity index (χ3v) is 8.53. The normalized spacial score (nSPS) is 11.3. The molecule has 4 rings (SSSR count). The molecule has 0 aliphatic heterocycles. The summed E-state index contributed by atoms with van der Waals surface area (Å²) in [6, 6.07) is 23.0. The highest BCUT2D eigenvalue weighted by Gasteiger charge is 2.15. The Labute approximate surface area is 291 Å². The number of hydrogen-bond acceptors (Lipinski definition) is 9. The molecule has 2 amide bonds. The summed E-state index contributed by atoms with van der Waals surface area (Å²) in [5.41, 5.74) is 3.73. The van der Waals surface area contributed by atoms with Crippen molar-refractivity contribution >= 4 is 45.6 Å². The highest BCUT2D eigenvalue weighted by Crippen LogP contribution is 2.31. The molecule has 11 nitrogen and oxygen atoms in total. The van der Waals surface area contributed by atoms with Crippen LogP contribution in [0.25, 0.3) is 22.3 Å². The van der Waals surface area contributed by atoms with Crippen LogP contribution in [-0.4, -0.2) is 97.0 Å². The number of carbonyl (C=O) groups is 2. The van der Waals surface area contributed by atoms with E-state index in [1.165, 1.54) is 0 Å². The van der Waals surface area contributed by atoms with Gasteiger partial charge in [0, 0.05) is 74.4 Å². The Kier molecular flexibility index (Phi) is 15.4. The SMILES string of the molecule is CCN(CC)CCNCCC(=O)Nc1ccc(Nc2nc(-c3ccccc3NC(=O)CCNCCN(CC)CC)nc3ccccc23)cc1. The fraction of sp³-hybridized carbons (Fsp3) is 0.421. The topological polar surface area (TPSA) is 127 Å². The Morgan fingerprint density at radius 2 is 1.16 bits per heavy atom. The van der Waals surface area contributed by atoms with Gasteiger partial charge in [-0.25, -0.2) is 9.97 Å². The molecule has 5 N–H and O–H groups in total. The molecule has 0 spiro atoms. The van der Waals surface area contributed by atoms with E-state index in [0.29, 0.717) is 43.3 Å². The van der Waals surface area contributed by atoms with Crippen LogP contribution in [0.4, 0.5) is 22.9 Å². The van der Waals surface area contributed by atoms with Gasteiger partial charge in [-0.05, 0) is 74.7 Å². The van der Waals surface area contributed by atoms with Gasteiger partial charge < -0.3 is 36.4 Å². The molecule has 0 saturated carbocycles. The van der Waals surface area contributed by atoms with Gasteiger partial charge in [-0.1, -0.05) is 52.0 Å². The van der Waals surface area contributed by atoms with Gasteiger partial charge in [0.15, 0.2) is 5.82 Å². The lowest BCUT2D eigenvalue weighted by atomic mass is 10.1. The monoisotopic (exact) mass is 667 g/mol. The molecule has 0 radical (unpaired) electrons. The molecular formula is C38H53N9O2. The van der Waals surface area contributed by atoms with Gasteiger partial charge in [-0.3, -0.25) is 9.59 Å². The van der Waals surface area contributed by atoms with E-state index < -0.39 is 0 Å². The van der Waals surface area contributed by atoms with Crippen LogP contribution in [0.2, 0.25) is 0 Å². The summed E-state index contributed by atoms with van der Waals surface area (Å²) in [6.45, 7) is 17.6. The number of fused-ring (bicyclic) bond motifs is 1. The fourth-order valence-electron chi connectivity index (χ4n) is 5.50. The molecule has 0 fully saturated rings. The molecule has 0 saturated heterocycles. The zero-order chi connectivity index (χ0) is 34.8. The standard InChI is InChI=1S/C38H53N9O2/c1-5-46(6-2)27-25-39-23-21-35(48)41-29-17-19-30(20-18-29)42-37-32-14-10-12-16-34(32)44-38(45-37)31-13-9-11-15-33(31)43-36(49)22-24-40-26-28-47(7-3)8-4/h9-20,39-40H,5-8,21-28H2,1-4H3,(H,41,48)(H,43,49)(H,42,44,45). The zero-order valence-electron chi connectivity index (χ0n) is 29.5. The first-order valence-corrected chi connectivity index (χ1v) is 17.6. The predicted octanol–water partition coefficient (Wildman–Crippen LogP) is 5.56. The number of likely N-dealkylation sites (N-methyl/N-ethyl adjacent to an activating group) is 2. The van der Waals surface area contributed by atoms with Crippen molar-refractivity contribution in [1.82, 2.24) is 30.4 Å². The maximum Gasteiger partial charge on any atom is 0.225 e. The number of amides is 2. The number of nitrogens with one attached hydrogen (secondary N) is 5. The summed E-state index contributed by atoms with van der Waals surface area (Å²) < 4.78 is 0. The van der Waals surface area contributed by atoms with E-state index in [-0.39, 0.29) is 11.8 Å². The van der Waals surface area contributed by atoms with Crippen LogP contribution < -0.4 is 26.6 Å². The Balaban J connectivity index is 1.38. The summed E-state index contributed by atoms with van der Waals surface area (Å²) in [6.07, 6.45) is 0.770. The maximum atomic E-state index is 12.9. The van der Waals surface area contributed by atoms with Gasteiger partial charge in [-0.15, -0.1) is 0 Å². The van der Waals surface area contributed by atoms with E-state index in [9.17, 15) is 9.59 Å². The van der Waals surface area contributed by atoms with Crippen molar-refractivity contribution in [2.24, 2.45) is 0 Å². The number of para-hydroxylation sites is 2. The summed E-state index contributed by atoms with van der Waals surface area (Å²) >= 11 is 0. The minimum atomic E-state index is -0.0688. The van der Waals surface area contributed by atoms with Gasteiger partial charge >= 0.3 is 0 Å². The van der Waals surface area contributed by atoms with Crippen molar-refractivity contribution in [3.05, 3.63) is 72.8 Å². The average molecular weight is 668 g/mol. The van der Waals surface area contributed by atoms with Gasteiger partial charge in [0.25, 0.3) is 0 Å². The smallest absolute Gasteiger partial charge is 0.225 e. The van der Waals surface area contributed by atoms with Crippen LogP contribution in [0.5, 0.6) is 0 Å². The molecule has 1 heterocycles. The number of aromatic nitrogens is 2. The number of carbonyl (C=O) groups excluding carboxylic acids is 2. The molecule has 49 heavy (non-hydrogen) atoms. The highest BCUT2D eigenvalue weighted by molar-refractivity contribution is 5.97. The predicted molar refractivity (Wildman–Crippen MR) is 203 cm³/mol. The first kappa shape index (κ1) is 37.4. The van der Waals surface area contributed by atoms with E-state index in [1.54, 1.807) is 0 Å². The van der Waals surface area contributed by atoms with Crippen LogP contribution in [0.3, 0.4) is 0 Å². The van der Waals surface area contributed by atoms with Gasteiger partial charge in [0.05, 0.1) is 11.2 Å². The number of rotatable bonds is 21. The van der Waals surface area contributed by atoms with Crippen LogP contribution in [0, 0.1) is 0 Å². The van der Waals surface area contributed by atoms with Crippen LogP contribution in [-0.2, 0) is 9.59 Å². The molecule has 11 heteroatoms. The van der Waals surface area contributed by atoms with Crippen molar-refractivity contribution < 1.29 is 9.59 Å². The Morgan fingerprint density at radius 3 is 1.80 bits per heavy atom. The second-order valence-corrected chi connectivity index (χ2v) is 11.8. The fourth-order valence-corrected chi connectivity index (χ4v) is 5.50. The number of anilines is 4. The maximum absolute atomic E-state index is 12.9. The lowest BCUT2D eigenvalue weighted by Crippen LogP contribution is -2.33.